The number of amides is 1. The van der Waals surface area contributed by atoms with Crippen molar-refractivity contribution in [2.75, 3.05) is 5.32 Å². The van der Waals surface area contributed by atoms with Gasteiger partial charge >= 0.3 is 10.1 Å². The molecule has 5 nitrogen and oxygen atoms in total. The van der Waals surface area contributed by atoms with Gasteiger partial charge in [-0.3, -0.25) is 4.79 Å². The molecule has 0 radical (unpaired) electrons. The van der Waals surface area contributed by atoms with Crippen molar-refractivity contribution in [2.45, 2.75) is 4.90 Å². The molecule has 1 aliphatic heterocycles. The van der Waals surface area contributed by atoms with Crippen LogP contribution in [-0.4, -0.2) is 14.3 Å². The minimum Gasteiger partial charge on any atom is -0.379 e. The number of nitrogens with one attached hydrogen (secondary N) is 1. The Morgan fingerprint density at radius 1 is 0.870 bits per heavy atom. The van der Waals surface area contributed by atoms with Crippen molar-refractivity contribution in [1.29, 1.82) is 0 Å². The minimum absolute atomic E-state index is 0.0402. The van der Waals surface area contributed by atoms with Gasteiger partial charge in [0.25, 0.3) is 5.91 Å². The average Bonchev–Trinajstić information content (AvgIpc) is 2.86. The lowest BCUT2D eigenvalue weighted by atomic mass is 10.1. The molecule has 0 saturated carbocycles. The smallest absolute Gasteiger partial charge is 0.339 e. The molecule has 3 aromatic carbocycles. The molecule has 3 aromatic rings. The van der Waals surface area contributed by atoms with Gasteiger partial charge in [-0.15, -0.1) is 0 Å². The summed E-state index contributed by atoms with van der Waals surface area (Å²) in [4.78, 5) is 11.9. The molecule has 4 rings (SSSR count). The Bertz CT molecular complexity index is 1040. The van der Waals surface area contributed by atoms with E-state index >= 15 is 0 Å². The Morgan fingerprint density at radius 2 is 1.65 bits per heavy atom. The molecule has 1 amide bonds. The van der Waals surface area contributed by atoms with Gasteiger partial charge in [0.2, 0.25) is 0 Å². The second kappa shape index (κ2) is 4.82. The highest BCUT2D eigenvalue weighted by molar-refractivity contribution is 7.87. The van der Waals surface area contributed by atoms with Crippen molar-refractivity contribution >= 4 is 32.5 Å². The molecule has 0 fully saturated rings. The summed E-state index contributed by atoms with van der Waals surface area (Å²) in [6.45, 7) is 0. The molecule has 1 aliphatic rings. The first kappa shape index (κ1) is 13.8. The fraction of sp³-hybridized carbons (Fsp3) is 0. The summed E-state index contributed by atoms with van der Waals surface area (Å²) in [5.41, 5.74) is 1.08. The van der Waals surface area contributed by atoms with Gasteiger partial charge in [-0.25, -0.2) is 0 Å². The Balaban J connectivity index is 1.90. The van der Waals surface area contributed by atoms with E-state index in [1.165, 1.54) is 6.07 Å². The molecule has 0 atom stereocenters. The summed E-state index contributed by atoms with van der Waals surface area (Å²) in [6.07, 6.45) is 0. The highest BCUT2D eigenvalue weighted by Gasteiger charge is 2.27. The first-order valence-corrected chi connectivity index (χ1v) is 8.34. The highest BCUT2D eigenvalue weighted by Crippen LogP contribution is 2.37. The van der Waals surface area contributed by atoms with E-state index in [0.717, 1.165) is 0 Å². The van der Waals surface area contributed by atoms with Gasteiger partial charge in [0, 0.05) is 22.0 Å². The molecule has 23 heavy (non-hydrogen) atoms. The minimum atomic E-state index is -4.00. The van der Waals surface area contributed by atoms with Crippen molar-refractivity contribution in [1.82, 2.24) is 0 Å². The Hall–Kier alpha value is -2.86. The van der Waals surface area contributed by atoms with Crippen molar-refractivity contribution in [3.05, 3.63) is 66.2 Å². The number of anilines is 1. The van der Waals surface area contributed by atoms with Crippen LogP contribution in [0.2, 0.25) is 0 Å². The average molecular weight is 325 g/mol. The van der Waals surface area contributed by atoms with Crippen molar-refractivity contribution in [2.24, 2.45) is 0 Å². The van der Waals surface area contributed by atoms with Gasteiger partial charge in [0.15, 0.2) is 0 Å². The molecular formula is C17H11NO4S. The van der Waals surface area contributed by atoms with E-state index in [0.29, 0.717) is 22.0 Å². The number of para-hydroxylation sites is 1. The van der Waals surface area contributed by atoms with Gasteiger partial charge in [-0.2, -0.15) is 8.42 Å². The molecule has 1 heterocycles. The molecule has 114 valence electrons. The van der Waals surface area contributed by atoms with E-state index in [1.807, 2.05) is 0 Å². The molecule has 0 bridgehead atoms. The summed E-state index contributed by atoms with van der Waals surface area (Å²) in [7, 11) is -4.00. The number of carbonyl (C=O) groups excluding carboxylic acids is 1. The second-order valence-corrected chi connectivity index (χ2v) is 6.66. The van der Waals surface area contributed by atoms with Crippen LogP contribution >= 0.6 is 0 Å². The normalized spacial score (nSPS) is 13.1. The summed E-state index contributed by atoms with van der Waals surface area (Å²) in [5.74, 6) is 0.00841. The lowest BCUT2D eigenvalue weighted by Gasteiger charge is -2.10. The molecule has 1 N–H and O–H groups in total. The molecule has 0 aliphatic carbocycles. The first-order valence-electron chi connectivity index (χ1n) is 6.93. The number of rotatable bonds is 3. The maximum absolute atomic E-state index is 12.6. The predicted octanol–water partition coefficient (Wildman–Crippen LogP) is 3.17. The van der Waals surface area contributed by atoms with E-state index < -0.39 is 10.1 Å². The molecule has 0 spiro atoms. The van der Waals surface area contributed by atoms with Crippen LogP contribution in [0.5, 0.6) is 5.75 Å². The van der Waals surface area contributed by atoms with Crippen molar-refractivity contribution in [3.8, 4) is 5.75 Å². The lowest BCUT2D eigenvalue weighted by molar-refractivity contribution is 0.103. The molecular weight excluding hydrogens is 314 g/mol. The van der Waals surface area contributed by atoms with E-state index in [1.54, 1.807) is 54.6 Å². The zero-order chi connectivity index (χ0) is 16.0. The lowest BCUT2D eigenvalue weighted by Crippen LogP contribution is -2.10. The van der Waals surface area contributed by atoms with E-state index in [4.69, 9.17) is 4.18 Å². The van der Waals surface area contributed by atoms with E-state index in [-0.39, 0.29) is 16.6 Å². The molecule has 6 heteroatoms. The van der Waals surface area contributed by atoms with E-state index in [2.05, 4.69) is 5.32 Å². The topological polar surface area (TPSA) is 72.5 Å². The van der Waals surface area contributed by atoms with Crippen LogP contribution in [0.1, 0.15) is 10.4 Å². The van der Waals surface area contributed by atoms with Crippen LogP contribution in [-0.2, 0) is 10.1 Å². The Morgan fingerprint density at radius 3 is 2.43 bits per heavy atom. The number of hydrogen-bond donors (Lipinski definition) is 1. The third-order valence-corrected chi connectivity index (χ3v) is 5.02. The van der Waals surface area contributed by atoms with E-state index in [9.17, 15) is 13.2 Å². The maximum atomic E-state index is 12.6. The summed E-state index contributed by atoms with van der Waals surface area (Å²) in [5, 5.41) is 3.80. The van der Waals surface area contributed by atoms with Gasteiger partial charge in [-0.05, 0) is 30.3 Å². The third kappa shape index (κ3) is 2.15. The van der Waals surface area contributed by atoms with Gasteiger partial charge in [0.05, 0.1) is 0 Å². The number of hydrogen-bond acceptors (Lipinski definition) is 4. The van der Waals surface area contributed by atoms with Crippen LogP contribution < -0.4 is 9.50 Å². The zero-order valence-electron chi connectivity index (χ0n) is 11.8. The van der Waals surface area contributed by atoms with Crippen molar-refractivity contribution < 1.29 is 17.4 Å². The van der Waals surface area contributed by atoms with Gasteiger partial charge < -0.3 is 9.50 Å². The fourth-order valence-corrected chi connectivity index (χ4v) is 3.86. The second-order valence-electron chi connectivity index (χ2n) is 5.14. The fourth-order valence-electron chi connectivity index (χ4n) is 2.73. The SMILES string of the molecule is O=C1Nc2ccc(S(=O)(=O)Oc3ccccc3)c3cccc1c23. The summed E-state index contributed by atoms with van der Waals surface area (Å²) in [6, 6.07) is 16.3. The third-order valence-electron chi connectivity index (χ3n) is 3.71. The Labute approximate surface area is 132 Å². The quantitative estimate of drug-likeness (QED) is 0.751. The van der Waals surface area contributed by atoms with Crippen LogP contribution in [0.4, 0.5) is 5.69 Å². The van der Waals surface area contributed by atoms with Crippen LogP contribution in [0.3, 0.4) is 0 Å². The zero-order valence-corrected chi connectivity index (χ0v) is 12.6. The predicted molar refractivity (Wildman–Crippen MR) is 86.2 cm³/mol. The van der Waals surface area contributed by atoms with Crippen LogP contribution in [0.25, 0.3) is 10.8 Å². The molecule has 0 unspecified atom stereocenters. The number of carbonyl (C=O) groups is 1. The first-order chi connectivity index (χ1) is 11.1. The monoisotopic (exact) mass is 325 g/mol. The van der Waals surface area contributed by atoms with Crippen LogP contribution in [0, 0.1) is 0 Å². The molecule has 0 aromatic heterocycles. The van der Waals surface area contributed by atoms with Gasteiger partial charge in [-0.1, -0.05) is 30.3 Å². The largest absolute Gasteiger partial charge is 0.379 e. The molecule has 0 saturated heterocycles. The van der Waals surface area contributed by atoms with Crippen LogP contribution in [0.15, 0.2) is 65.6 Å². The Kier molecular flexibility index (Phi) is 2.89. The highest BCUT2D eigenvalue weighted by atomic mass is 32.2. The number of benzene rings is 3. The standard InChI is InChI=1S/C17H11NO4S/c19-17-13-8-4-7-12-15(10-9-14(18-17)16(12)13)23(20,21)22-11-5-2-1-3-6-11/h1-10H,(H,18,19). The summed E-state index contributed by atoms with van der Waals surface area (Å²) >= 11 is 0. The maximum Gasteiger partial charge on any atom is 0.339 e. The van der Waals surface area contributed by atoms with Gasteiger partial charge in [0.1, 0.15) is 10.6 Å². The summed E-state index contributed by atoms with van der Waals surface area (Å²) < 4.78 is 30.4. The van der Waals surface area contributed by atoms with Crippen molar-refractivity contribution in [3.63, 3.8) is 0 Å².